The average Bonchev–Trinajstić information content (AvgIpc) is 2.59. The van der Waals surface area contributed by atoms with Crippen molar-refractivity contribution < 1.29 is 4.42 Å². The van der Waals surface area contributed by atoms with Gasteiger partial charge in [0.1, 0.15) is 11.2 Å². The molecule has 1 aromatic rings. The minimum Gasteiger partial charge on any atom is -0.453 e. The molecule has 0 fully saturated rings. The topological polar surface area (TPSA) is 41.6 Å². The van der Waals surface area contributed by atoms with Crippen LogP contribution in [0, 0.1) is 6.92 Å². The van der Waals surface area contributed by atoms with E-state index in [1.54, 1.807) is 0 Å². The van der Waals surface area contributed by atoms with Gasteiger partial charge in [0.2, 0.25) is 0 Å². The zero-order valence-electron chi connectivity index (χ0n) is 14.6. The summed E-state index contributed by atoms with van der Waals surface area (Å²) in [5.74, 6) is 0.805. The van der Waals surface area contributed by atoms with Gasteiger partial charge in [-0.15, -0.1) is 0 Å². The lowest BCUT2D eigenvalue weighted by Crippen LogP contribution is -2.28. The molecule has 0 aromatic heterocycles. The fourth-order valence-corrected chi connectivity index (χ4v) is 3.59. The van der Waals surface area contributed by atoms with Gasteiger partial charge in [-0.05, 0) is 56.9 Å². The van der Waals surface area contributed by atoms with Gasteiger partial charge < -0.3 is 9.32 Å². The molecular formula is C20H23N3O. The third kappa shape index (κ3) is 2.46. The van der Waals surface area contributed by atoms with Crippen molar-refractivity contribution in [3.63, 3.8) is 0 Å². The number of nitrogens with zero attached hydrogens (tertiary/aromatic N) is 3. The highest BCUT2D eigenvalue weighted by Gasteiger charge is 2.19. The molecule has 4 heteroatoms. The summed E-state index contributed by atoms with van der Waals surface area (Å²) in [6, 6.07) is 8.45. The van der Waals surface area contributed by atoms with E-state index in [0.717, 1.165) is 59.5 Å². The lowest BCUT2D eigenvalue weighted by atomic mass is 10.0. The molecule has 1 aromatic carbocycles. The Morgan fingerprint density at radius 1 is 1.21 bits per heavy atom. The van der Waals surface area contributed by atoms with Crippen molar-refractivity contribution >= 4 is 16.8 Å². The summed E-state index contributed by atoms with van der Waals surface area (Å²) in [5.41, 5.74) is 6.52. The van der Waals surface area contributed by atoms with E-state index in [9.17, 15) is 0 Å². The van der Waals surface area contributed by atoms with Gasteiger partial charge in [-0.1, -0.05) is 0 Å². The molecule has 0 N–H and O–H groups in total. The lowest BCUT2D eigenvalue weighted by molar-refractivity contribution is 0.610. The SMILES string of the molecule is CCN=c1cc2oc3cc4c(cc3nc-2cc1C)CCCN4CC. The lowest BCUT2D eigenvalue weighted by Gasteiger charge is -2.30. The molecule has 0 unspecified atom stereocenters. The van der Waals surface area contributed by atoms with Crippen LogP contribution >= 0.6 is 0 Å². The van der Waals surface area contributed by atoms with Gasteiger partial charge in [-0.3, -0.25) is 4.99 Å². The first-order chi connectivity index (χ1) is 11.7. The number of rotatable bonds is 2. The van der Waals surface area contributed by atoms with E-state index >= 15 is 0 Å². The largest absolute Gasteiger partial charge is 0.453 e. The Labute approximate surface area is 142 Å². The molecule has 24 heavy (non-hydrogen) atoms. The molecule has 0 bridgehead atoms. The van der Waals surface area contributed by atoms with E-state index < -0.39 is 0 Å². The van der Waals surface area contributed by atoms with Crippen molar-refractivity contribution in [2.75, 3.05) is 24.5 Å². The van der Waals surface area contributed by atoms with Gasteiger partial charge in [-0.25, -0.2) is 4.98 Å². The van der Waals surface area contributed by atoms with E-state index in [2.05, 4.69) is 41.9 Å². The van der Waals surface area contributed by atoms with Crippen LogP contribution in [0.4, 0.5) is 5.69 Å². The van der Waals surface area contributed by atoms with E-state index in [0.29, 0.717) is 0 Å². The van der Waals surface area contributed by atoms with Crippen molar-refractivity contribution in [2.45, 2.75) is 33.6 Å². The van der Waals surface area contributed by atoms with Crippen LogP contribution in [0.2, 0.25) is 0 Å². The summed E-state index contributed by atoms with van der Waals surface area (Å²) in [4.78, 5) is 11.8. The maximum absolute atomic E-state index is 6.20. The first-order valence-corrected chi connectivity index (χ1v) is 8.83. The van der Waals surface area contributed by atoms with Crippen LogP contribution in [0.15, 0.2) is 33.7 Å². The second kappa shape index (κ2) is 5.93. The molecule has 3 aliphatic rings. The third-order valence-corrected chi connectivity index (χ3v) is 4.82. The molecule has 4 rings (SSSR count). The highest BCUT2D eigenvalue weighted by atomic mass is 16.3. The number of hydrogen-bond donors (Lipinski definition) is 0. The van der Waals surface area contributed by atoms with Crippen LogP contribution in [-0.4, -0.2) is 24.6 Å². The molecule has 0 saturated heterocycles. The van der Waals surface area contributed by atoms with Gasteiger partial charge in [0.15, 0.2) is 11.3 Å². The Hall–Kier alpha value is -2.36. The monoisotopic (exact) mass is 321 g/mol. The van der Waals surface area contributed by atoms with Crippen LogP contribution in [0.3, 0.4) is 0 Å². The predicted molar refractivity (Wildman–Crippen MR) is 97.7 cm³/mol. The first-order valence-electron chi connectivity index (χ1n) is 8.83. The average molecular weight is 321 g/mol. The maximum Gasteiger partial charge on any atom is 0.155 e. The number of aryl methyl sites for hydroxylation is 2. The zero-order chi connectivity index (χ0) is 16.7. The van der Waals surface area contributed by atoms with Gasteiger partial charge in [0.05, 0.1) is 5.36 Å². The first kappa shape index (κ1) is 15.2. The number of benzene rings is 2. The van der Waals surface area contributed by atoms with Crippen molar-refractivity contribution in [1.82, 2.24) is 4.98 Å². The normalized spacial score (nSPS) is 15.3. The quantitative estimate of drug-likeness (QED) is 0.672. The number of anilines is 1. The van der Waals surface area contributed by atoms with E-state index in [-0.39, 0.29) is 0 Å². The summed E-state index contributed by atoms with van der Waals surface area (Å²) in [6.45, 7) is 9.24. The molecule has 2 aliphatic heterocycles. The van der Waals surface area contributed by atoms with Crippen molar-refractivity contribution in [1.29, 1.82) is 0 Å². The standard InChI is InChI=1S/C20H23N3O/c1-4-21-15-11-19-16(9-13(15)3)22-17-10-14-7-6-8-23(5-2)18(14)12-20(17)24-19/h9-12H,4-8H2,1-3H3. The summed E-state index contributed by atoms with van der Waals surface area (Å²) >= 11 is 0. The van der Waals surface area contributed by atoms with Crippen molar-refractivity contribution in [3.8, 4) is 11.5 Å². The second-order valence-corrected chi connectivity index (χ2v) is 6.43. The highest BCUT2D eigenvalue weighted by molar-refractivity contribution is 5.82. The van der Waals surface area contributed by atoms with Crippen LogP contribution in [0.25, 0.3) is 22.6 Å². The number of hydrogen-bond acceptors (Lipinski definition) is 4. The Balaban J connectivity index is 1.97. The van der Waals surface area contributed by atoms with E-state index in [1.165, 1.54) is 17.7 Å². The van der Waals surface area contributed by atoms with Crippen molar-refractivity contribution in [3.05, 3.63) is 40.7 Å². The Morgan fingerprint density at radius 3 is 2.88 bits per heavy atom. The second-order valence-electron chi connectivity index (χ2n) is 6.43. The predicted octanol–water partition coefficient (Wildman–Crippen LogP) is 3.93. The van der Waals surface area contributed by atoms with Crippen LogP contribution < -0.4 is 10.3 Å². The molecule has 0 radical (unpaired) electrons. The zero-order valence-corrected chi connectivity index (χ0v) is 14.6. The molecule has 4 nitrogen and oxygen atoms in total. The van der Waals surface area contributed by atoms with Gasteiger partial charge in [0, 0.05) is 37.5 Å². The minimum absolute atomic E-state index is 0.770. The maximum atomic E-state index is 6.20. The highest BCUT2D eigenvalue weighted by Crippen LogP contribution is 2.33. The molecule has 0 saturated carbocycles. The third-order valence-electron chi connectivity index (χ3n) is 4.82. The van der Waals surface area contributed by atoms with Gasteiger partial charge in [-0.2, -0.15) is 0 Å². The van der Waals surface area contributed by atoms with Crippen LogP contribution in [-0.2, 0) is 6.42 Å². The summed E-state index contributed by atoms with van der Waals surface area (Å²) in [6.07, 6.45) is 2.33. The Bertz CT molecular complexity index is 942. The fourth-order valence-electron chi connectivity index (χ4n) is 3.59. The minimum atomic E-state index is 0.770. The molecule has 2 heterocycles. The molecule has 0 spiro atoms. The molecule has 124 valence electrons. The fraction of sp³-hybridized carbons (Fsp3) is 0.400. The molecule has 0 amide bonds. The van der Waals surface area contributed by atoms with E-state index in [1.807, 2.05) is 13.0 Å². The summed E-state index contributed by atoms with van der Waals surface area (Å²) < 4.78 is 6.20. The Morgan fingerprint density at radius 2 is 2.08 bits per heavy atom. The van der Waals surface area contributed by atoms with Gasteiger partial charge >= 0.3 is 0 Å². The van der Waals surface area contributed by atoms with E-state index in [4.69, 9.17) is 9.40 Å². The molecule has 1 aliphatic carbocycles. The molecular weight excluding hydrogens is 298 g/mol. The Kier molecular flexibility index (Phi) is 3.75. The van der Waals surface area contributed by atoms with Crippen LogP contribution in [0.1, 0.15) is 31.4 Å². The van der Waals surface area contributed by atoms with Crippen molar-refractivity contribution in [2.24, 2.45) is 4.99 Å². The number of aromatic nitrogens is 1. The van der Waals surface area contributed by atoms with Gasteiger partial charge in [0.25, 0.3) is 0 Å². The number of fused-ring (bicyclic) bond motifs is 3. The summed E-state index contributed by atoms with van der Waals surface area (Å²) in [5, 5.41) is 0.989. The van der Waals surface area contributed by atoms with Crippen LogP contribution in [0.5, 0.6) is 0 Å². The summed E-state index contributed by atoms with van der Waals surface area (Å²) in [7, 11) is 0. The smallest absolute Gasteiger partial charge is 0.155 e. The molecule has 0 atom stereocenters.